The van der Waals surface area contributed by atoms with Crippen molar-refractivity contribution in [3.8, 4) is 5.75 Å². The van der Waals surface area contributed by atoms with E-state index in [1.165, 1.54) is 0 Å². The third-order valence-corrected chi connectivity index (χ3v) is 3.66. The lowest BCUT2D eigenvalue weighted by Gasteiger charge is -2.10. The number of nitrogens with one attached hydrogen (secondary N) is 1. The van der Waals surface area contributed by atoms with Gasteiger partial charge in [-0.3, -0.25) is 4.79 Å². The van der Waals surface area contributed by atoms with E-state index in [0.29, 0.717) is 12.1 Å². The van der Waals surface area contributed by atoms with Gasteiger partial charge in [-0.2, -0.15) is 0 Å². The Kier molecular flexibility index (Phi) is 4.28. The number of oxime groups is 1. The largest absolute Gasteiger partial charge is 0.496 e. The van der Waals surface area contributed by atoms with E-state index in [0.717, 1.165) is 22.6 Å². The fourth-order valence-electron chi connectivity index (χ4n) is 2.51. The summed E-state index contributed by atoms with van der Waals surface area (Å²) < 4.78 is 5.33. The molecule has 0 saturated carbocycles. The van der Waals surface area contributed by atoms with Crippen LogP contribution in [0.2, 0.25) is 0 Å². The van der Waals surface area contributed by atoms with Gasteiger partial charge in [0.15, 0.2) is 0 Å². The Morgan fingerprint density at radius 3 is 2.87 bits per heavy atom. The number of rotatable bonds is 4. The molecule has 1 amide bonds. The molecule has 1 unspecified atom stereocenters. The third kappa shape index (κ3) is 3.34. The third-order valence-electron chi connectivity index (χ3n) is 3.66. The van der Waals surface area contributed by atoms with E-state index in [2.05, 4.69) is 10.5 Å². The smallest absolute Gasteiger partial charge is 0.268 e. The van der Waals surface area contributed by atoms with Gasteiger partial charge in [0.05, 0.1) is 12.8 Å². The Morgan fingerprint density at radius 2 is 2.09 bits per heavy atom. The lowest BCUT2D eigenvalue weighted by atomic mass is 10.0. The lowest BCUT2D eigenvalue weighted by molar-refractivity contribution is -0.125. The highest BCUT2D eigenvalue weighted by Crippen LogP contribution is 2.25. The van der Waals surface area contributed by atoms with Gasteiger partial charge in [-0.25, -0.2) is 0 Å². The molecule has 0 aromatic heterocycles. The van der Waals surface area contributed by atoms with Crippen molar-refractivity contribution in [2.75, 3.05) is 12.4 Å². The van der Waals surface area contributed by atoms with E-state index in [-0.39, 0.29) is 5.91 Å². The number of benzene rings is 2. The first-order valence-electron chi connectivity index (χ1n) is 7.41. The Hall–Kier alpha value is -2.82. The van der Waals surface area contributed by atoms with Crippen molar-refractivity contribution in [3.05, 3.63) is 59.7 Å². The molecule has 0 fully saturated rings. The van der Waals surface area contributed by atoms with Gasteiger partial charge in [0.2, 0.25) is 6.10 Å². The maximum Gasteiger partial charge on any atom is 0.268 e. The number of aryl methyl sites for hydroxylation is 1. The van der Waals surface area contributed by atoms with Crippen LogP contribution in [0.4, 0.5) is 5.69 Å². The summed E-state index contributed by atoms with van der Waals surface area (Å²) in [5.41, 5.74) is 3.40. The number of methoxy groups -OCH3 is 1. The zero-order chi connectivity index (χ0) is 16.2. The minimum absolute atomic E-state index is 0.204. The minimum Gasteiger partial charge on any atom is -0.496 e. The van der Waals surface area contributed by atoms with Crippen molar-refractivity contribution in [2.45, 2.75) is 19.4 Å². The Morgan fingerprint density at radius 1 is 1.26 bits per heavy atom. The van der Waals surface area contributed by atoms with Crippen LogP contribution in [0.15, 0.2) is 53.7 Å². The molecule has 5 nitrogen and oxygen atoms in total. The molecule has 1 heterocycles. The molecule has 3 rings (SSSR count). The standard InChI is InChI=1S/C18H18N2O3/c1-12-6-5-7-13(10-12)19-18(21)17-11-15(20-23-17)14-8-3-4-9-16(14)22-2/h3-10,17H,11H2,1-2H3,(H,19,21). The van der Waals surface area contributed by atoms with E-state index in [1.54, 1.807) is 7.11 Å². The molecule has 0 bridgehead atoms. The average molecular weight is 310 g/mol. The summed E-state index contributed by atoms with van der Waals surface area (Å²) in [4.78, 5) is 17.6. The predicted octanol–water partition coefficient (Wildman–Crippen LogP) is 3.14. The number of anilines is 1. The molecule has 2 aromatic rings. The zero-order valence-corrected chi connectivity index (χ0v) is 13.1. The van der Waals surface area contributed by atoms with E-state index in [4.69, 9.17) is 9.57 Å². The number of carbonyl (C=O) groups excluding carboxylic acids is 1. The highest BCUT2D eigenvalue weighted by atomic mass is 16.6. The molecule has 1 N–H and O–H groups in total. The fourth-order valence-corrected chi connectivity index (χ4v) is 2.51. The second-order valence-electron chi connectivity index (χ2n) is 5.40. The number of nitrogens with zero attached hydrogens (tertiary/aromatic N) is 1. The first-order chi connectivity index (χ1) is 11.2. The van der Waals surface area contributed by atoms with Crippen molar-refractivity contribution in [1.82, 2.24) is 0 Å². The van der Waals surface area contributed by atoms with Crippen molar-refractivity contribution in [2.24, 2.45) is 5.16 Å². The summed E-state index contributed by atoms with van der Waals surface area (Å²) in [7, 11) is 1.61. The van der Waals surface area contributed by atoms with Crippen LogP contribution < -0.4 is 10.1 Å². The van der Waals surface area contributed by atoms with Gasteiger partial charge in [0.25, 0.3) is 5.91 Å². The van der Waals surface area contributed by atoms with E-state index >= 15 is 0 Å². The predicted molar refractivity (Wildman–Crippen MR) is 88.8 cm³/mol. The van der Waals surface area contributed by atoms with Crippen LogP contribution in [-0.2, 0) is 9.63 Å². The lowest BCUT2D eigenvalue weighted by Crippen LogP contribution is -2.28. The number of ether oxygens (including phenoxy) is 1. The summed E-state index contributed by atoms with van der Waals surface area (Å²) in [6.45, 7) is 1.98. The summed E-state index contributed by atoms with van der Waals surface area (Å²) in [5, 5.41) is 6.91. The molecule has 118 valence electrons. The quantitative estimate of drug-likeness (QED) is 0.944. The molecule has 2 aromatic carbocycles. The molecular weight excluding hydrogens is 292 g/mol. The minimum atomic E-state index is -0.629. The summed E-state index contributed by atoms with van der Waals surface area (Å²) >= 11 is 0. The highest BCUT2D eigenvalue weighted by Gasteiger charge is 2.30. The first kappa shape index (κ1) is 15.1. The molecule has 0 spiro atoms. The van der Waals surface area contributed by atoms with Crippen molar-refractivity contribution >= 4 is 17.3 Å². The Bertz CT molecular complexity index is 755. The first-order valence-corrected chi connectivity index (χ1v) is 7.41. The van der Waals surface area contributed by atoms with E-state index in [9.17, 15) is 4.79 Å². The van der Waals surface area contributed by atoms with Gasteiger partial charge in [-0.15, -0.1) is 0 Å². The Labute approximate surface area is 134 Å². The molecule has 1 aliphatic rings. The van der Waals surface area contributed by atoms with E-state index < -0.39 is 6.10 Å². The molecular formula is C18H18N2O3. The van der Waals surface area contributed by atoms with Crippen LogP contribution in [-0.4, -0.2) is 24.8 Å². The van der Waals surface area contributed by atoms with Crippen LogP contribution in [0.1, 0.15) is 17.5 Å². The summed E-state index contributed by atoms with van der Waals surface area (Å²) in [6.07, 6.45) is -0.215. The van der Waals surface area contributed by atoms with Crippen LogP contribution in [0.5, 0.6) is 5.75 Å². The monoisotopic (exact) mass is 310 g/mol. The number of amides is 1. The van der Waals surface area contributed by atoms with E-state index in [1.807, 2.05) is 55.5 Å². The molecule has 0 aliphatic carbocycles. The van der Waals surface area contributed by atoms with Crippen molar-refractivity contribution < 1.29 is 14.4 Å². The van der Waals surface area contributed by atoms with Crippen LogP contribution in [0.25, 0.3) is 0 Å². The van der Waals surface area contributed by atoms with Crippen molar-refractivity contribution in [1.29, 1.82) is 0 Å². The second-order valence-corrected chi connectivity index (χ2v) is 5.40. The molecule has 23 heavy (non-hydrogen) atoms. The number of hydrogen-bond acceptors (Lipinski definition) is 4. The van der Waals surface area contributed by atoms with Gasteiger partial charge in [-0.05, 0) is 36.8 Å². The molecule has 0 radical (unpaired) electrons. The maximum atomic E-state index is 12.3. The number of para-hydroxylation sites is 1. The van der Waals surface area contributed by atoms with Crippen LogP contribution >= 0.6 is 0 Å². The molecule has 5 heteroatoms. The van der Waals surface area contributed by atoms with Crippen LogP contribution in [0, 0.1) is 6.92 Å². The van der Waals surface area contributed by atoms with Crippen molar-refractivity contribution in [3.63, 3.8) is 0 Å². The maximum absolute atomic E-state index is 12.3. The molecule has 1 atom stereocenters. The van der Waals surface area contributed by atoms with Gasteiger partial charge in [0.1, 0.15) is 5.75 Å². The fraction of sp³-hybridized carbons (Fsp3) is 0.222. The SMILES string of the molecule is COc1ccccc1C1=NOC(C(=O)Nc2cccc(C)c2)C1. The van der Waals surface area contributed by atoms with Gasteiger partial charge in [0, 0.05) is 17.7 Å². The second kappa shape index (κ2) is 6.52. The topological polar surface area (TPSA) is 59.9 Å². The summed E-state index contributed by atoms with van der Waals surface area (Å²) in [6, 6.07) is 15.2. The van der Waals surface area contributed by atoms with Gasteiger partial charge in [-0.1, -0.05) is 29.4 Å². The highest BCUT2D eigenvalue weighted by molar-refractivity contribution is 6.07. The zero-order valence-electron chi connectivity index (χ0n) is 13.1. The van der Waals surface area contributed by atoms with Crippen LogP contribution in [0.3, 0.4) is 0 Å². The molecule has 0 saturated heterocycles. The van der Waals surface area contributed by atoms with Gasteiger partial charge < -0.3 is 14.9 Å². The molecule has 1 aliphatic heterocycles. The normalized spacial score (nSPS) is 16.4. The Balaban J connectivity index is 1.68. The summed E-state index contributed by atoms with van der Waals surface area (Å²) in [5.74, 6) is 0.513. The average Bonchev–Trinajstić information content (AvgIpc) is 3.05. The number of hydrogen-bond donors (Lipinski definition) is 1. The number of carbonyl (C=O) groups is 1. The van der Waals surface area contributed by atoms with Gasteiger partial charge >= 0.3 is 0 Å².